The Balaban J connectivity index is 3.21. The average molecular weight is 184 g/mol. The van der Waals surface area contributed by atoms with Gasteiger partial charge in [0.15, 0.2) is 0 Å². The summed E-state index contributed by atoms with van der Waals surface area (Å²) in [6.45, 7) is -0.330. The molecule has 0 saturated carbocycles. The molecule has 0 aliphatic heterocycles. The SMILES string of the molecule is COC(=O)OCCO[SH](=O)=O. The van der Waals surface area contributed by atoms with E-state index in [0.29, 0.717) is 0 Å². The summed E-state index contributed by atoms with van der Waals surface area (Å²) >= 11 is 0. The maximum Gasteiger partial charge on any atom is 0.508 e. The molecule has 66 valence electrons. The number of rotatable bonds is 4. The van der Waals surface area contributed by atoms with Crippen LogP contribution in [0.25, 0.3) is 0 Å². The molecular weight excluding hydrogens is 176 g/mol. The zero-order chi connectivity index (χ0) is 8.69. The second kappa shape index (κ2) is 5.93. The molecule has 11 heavy (non-hydrogen) atoms. The van der Waals surface area contributed by atoms with Gasteiger partial charge in [-0.25, -0.2) is 13.2 Å². The van der Waals surface area contributed by atoms with E-state index in [1.807, 2.05) is 0 Å². The standard InChI is InChI=1S/C4H8O6S/c1-8-4(5)9-2-3-10-11(6)7/h11H,2-3H2,1H3. The lowest BCUT2D eigenvalue weighted by Gasteiger charge is -1.99. The van der Waals surface area contributed by atoms with Crippen LogP contribution >= 0.6 is 0 Å². The van der Waals surface area contributed by atoms with Crippen molar-refractivity contribution in [2.45, 2.75) is 0 Å². The number of carbonyl (C=O) groups excluding carboxylic acids is 1. The summed E-state index contributed by atoms with van der Waals surface area (Å²) in [6, 6.07) is 0. The third-order valence-corrected chi connectivity index (χ3v) is 1.06. The highest BCUT2D eigenvalue weighted by atomic mass is 32.2. The van der Waals surface area contributed by atoms with E-state index in [1.165, 1.54) is 0 Å². The van der Waals surface area contributed by atoms with E-state index in [9.17, 15) is 13.2 Å². The van der Waals surface area contributed by atoms with E-state index in [-0.39, 0.29) is 13.2 Å². The Morgan fingerprint density at radius 1 is 1.36 bits per heavy atom. The van der Waals surface area contributed by atoms with E-state index in [2.05, 4.69) is 13.7 Å². The normalized spacial score (nSPS) is 9.64. The first-order valence-corrected chi connectivity index (χ1v) is 3.74. The fourth-order valence-corrected chi connectivity index (χ4v) is 0.519. The number of carbonyl (C=O) groups is 1. The molecular formula is C4H8O6S. The lowest BCUT2D eigenvalue weighted by atomic mass is 10.8. The van der Waals surface area contributed by atoms with Gasteiger partial charge >= 0.3 is 6.16 Å². The van der Waals surface area contributed by atoms with Crippen LogP contribution in [0, 0.1) is 0 Å². The minimum atomic E-state index is -2.87. The zero-order valence-corrected chi connectivity index (χ0v) is 6.71. The second-order valence-corrected chi connectivity index (χ2v) is 2.06. The number of hydrogen-bond donors (Lipinski definition) is 1. The molecule has 0 spiro atoms. The van der Waals surface area contributed by atoms with Gasteiger partial charge in [-0.2, -0.15) is 0 Å². The Bertz CT molecular complexity index is 177. The van der Waals surface area contributed by atoms with E-state index in [4.69, 9.17) is 0 Å². The predicted molar refractivity (Wildman–Crippen MR) is 34.6 cm³/mol. The molecule has 0 aromatic carbocycles. The lowest BCUT2D eigenvalue weighted by Crippen LogP contribution is -2.09. The maximum atomic E-state index is 10.2. The van der Waals surface area contributed by atoms with Crippen molar-refractivity contribution in [1.29, 1.82) is 0 Å². The zero-order valence-electron chi connectivity index (χ0n) is 5.81. The van der Waals surface area contributed by atoms with Crippen molar-refractivity contribution in [3.05, 3.63) is 0 Å². The van der Waals surface area contributed by atoms with Gasteiger partial charge in [0.1, 0.15) is 13.2 Å². The topological polar surface area (TPSA) is 78.9 Å². The second-order valence-electron chi connectivity index (χ2n) is 1.36. The van der Waals surface area contributed by atoms with Crippen LogP contribution in [0.15, 0.2) is 0 Å². The molecule has 0 heterocycles. The molecule has 7 heteroatoms. The Morgan fingerprint density at radius 3 is 2.45 bits per heavy atom. The largest absolute Gasteiger partial charge is 0.508 e. The van der Waals surface area contributed by atoms with Crippen molar-refractivity contribution in [3.63, 3.8) is 0 Å². The highest BCUT2D eigenvalue weighted by Crippen LogP contribution is 1.82. The first-order chi connectivity index (χ1) is 5.16. The van der Waals surface area contributed by atoms with Gasteiger partial charge in [-0.15, -0.1) is 0 Å². The molecule has 0 rings (SSSR count). The average Bonchev–Trinajstić information content (AvgIpc) is 1.97. The van der Waals surface area contributed by atoms with Gasteiger partial charge in [0, 0.05) is 0 Å². The Labute approximate surface area is 65.2 Å². The van der Waals surface area contributed by atoms with Gasteiger partial charge in [-0.3, -0.25) is 4.18 Å². The van der Waals surface area contributed by atoms with Crippen LogP contribution in [0.1, 0.15) is 0 Å². The summed E-state index contributed by atoms with van der Waals surface area (Å²) in [4.78, 5) is 10.2. The van der Waals surface area contributed by atoms with Crippen LogP contribution in [0.4, 0.5) is 4.79 Å². The molecule has 0 saturated heterocycles. The van der Waals surface area contributed by atoms with Crippen molar-refractivity contribution in [2.24, 2.45) is 0 Å². The third kappa shape index (κ3) is 7.07. The first-order valence-electron chi connectivity index (χ1n) is 2.65. The Kier molecular flexibility index (Phi) is 5.49. The van der Waals surface area contributed by atoms with Gasteiger partial charge in [0.2, 0.25) is 0 Å². The van der Waals surface area contributed by atoms with Crippen molar-refractivity contribution >= 4 is 17.1 Å². The molecule has 0 fully saturated rings. The maximum absolute atomic E-state index is 10.2. The molecule has 0 amide bonds. The summed E-state index contributed by atoms with van der Waals surface area (Å²) < 4.78 is 31.9. The molecule has 0 bridgehead atoms. The first kappa shape index (κ1) is 10.2. The van der Waals surface area contributed by atoms with E-state index < -0.39 is 17.1 Å². The predicted octanol–water partition coefficient (Wildman–Crippen LogP) is -0.688. The third-order valence-electron chi connectivity index (χ3n) is 0.667. The minimum Gasteiger partial charge on any atom is -0.438 e. The van der Waals surface area contributed by atoms with Crippen LogP contribution in [0.3, 0.4) is 0 Å². The molecule has 0 aromatic rings. The monoisotopic (exact) mass is 184 g/mol. The quantitative estimate of drug-likeness (QED) is 0.354. The lowest BCUT2D eigenvalue weighted by molar-refractivity contribution is 0.0628. The van der Waals surface area contributed by atoms with E-state index >= 15 is 0 Å². The number of hydrogen-bond acceptors (Lipinski definition) is 6. The van der Waals surface area contributed by atoms with Crippen molar-refractivity contribution in [2.75, 3.05) is 20.3 Å². The van der Waals surface area contributed by atoms with Crippen LogP contribution in [0.5, 0.6) is 0 Å². The summed E-state index contributed by atoms with van der Waals surface area (Å²) in [5.74, 6) is 0. The fourth-order valence-electron chi connectivity index (χ4n) is 0.296. The van der Waals surface area contributed by atoms with Gasteiger partial charge in [-0.05, 0) is 0 Å². The van der Waals surface area contributed by atoms with Crippen molar-refractivity contribution in [1.82, 2.24) is 0 Å². The molecule has 0 aromatic heterocycles. The van der Waals surface area contributed by atoms with E-state index in [1.54, 1.807) is 0 Å². The van der Waals surface area contributed by atoms with Gasteiger partial charge in [0.25, 0.3) is 11.0 Å². The molecule has 0 unspecified atom stereocenters. The minimum absolute atomic E-state index is 0.143. The van der Waals surface area contributed by atoms with Crippen molar-refractivity contribution < 1.29 is 26.9 Å². The van der Waals surface area contributed by atoms with Gasteiger partial charge in [0.05, 0.1) is 7.11 Å². The Hall–Kier alpha value is -0.820. The molecule has 0 atom stereocenters. The summed E-state index contributed by atoms with van der Waals surface area (Å²) in [5, 5.41) is 0. The fraction of sp³-hybridized carbons (Fsp3) is 0.750. The number of ether oxygens (including phenoxy) is 2. The molecule has 0 aliphatic carbocycles. The van der Waals surface area contributed by atoms with Crippen molar-refractivity contribution in [3.8, 4) is 0 Å². The molecule has 0 aliphatic rings. The Morgan fingerprint density at radius 2 is 2.00 bits per heavy atom. The van der Waals surface area contributed by atoms with Crippen LogP contribution in [-0.2, 0) is 24.6 Å². The molecule has 0 radical (unpaired) electrons. The van der Waals surface area contributed by atoms with Gasteiger partial charge in [-0.1, -0.05) is 0 Å². The summed E-state index contributed by atoms with van der Waals surface area (Å²) in [7, 11) is -1.72. The highest BCUT2D eigenvalue weighted by Gasteiger charge is 1.98. The summed E-state index contributed by atoms with van der Waals surface area (Å²) in [6.07, 6.45) is -0.866. The molecule has 0 N–H and O–H groups in total. The van der Waals surface area contributed by atoms with E-state index in [0.717, 1.165) is 7.11 Å². The number of methoxy groups -OCH3 is 1. The highest BCUT2D eigenvalue weighted by molar-refractivity contribution is 7.67. The smallest absolute Gasteiger partial charge is 0.438 e. The summed E-state index contributed by atoms with van der Waals surface area (Å²) in [5.41, 5.74) is 0. The molecule has 6 nitrogen and oxygen atoms in total. The van der Waals surface area contributed by atoms with Crippen LogP contribution < -0.4 is 0 Å². The van der Waals surface area contributed by atoms with Gasteiger partial charge < -0.3 is 9.47 Å². The number of thiol groups is 1. The van der Waals surface area contributed by atoms with Crippen LogP contribution in [0.2, 0.25) is 0 Å². The van der Waals surface area contributed by atoms with Crippen LogP contribution in [-0.4, -0.2) is 34.9 Å².